The fourth-order valence-electron chi connectivity index (χ4n) is 2.31. The van der Waals surface area contributed by atoms with Gasteiger partial charge in [-0.1, -0.05) is 29.8 Å². The summed E-state index contributed by atoms with van der Waals surface area (Å²) >= 11 is 5.80. The molecule has 0 unspecified atom stereocenters. The van der Waals surface area contributed by atoms with E-state index in [0.717, 1.165) is 5.41 Å². The fraction of sp³-hybridized carbons (Fsp3) is 0.118. The van der Waals surface area contributed by atoms with Gasteiger partial charge in [-0.15, -0.1) is 0 Å². The number of ether oxygens (including phenoxy) is 1. The van der Waals surface area contributed by atoms with E-state index in [0.29, 0.717) is 35.1 Å². The summed E-state index contributed by atoms with van der Waals surface area (Å²) in [7, 11) is -3.69. The second-order valence-electron chi connectivity index (χ2n) is 5.32. The van der Waals surface area contributed by atoms with Crippen LogP contribution in [0.5, 0.6) is 0 Å². The number of sulfonamides is 1. The number of halogens is 1. The van der Waals surface area contributed by atoms with Crippen LogP contribution in [0, 0.1) is 0 Å². The van der Waals surface area contributed by atoms with Crippen LogP contribution in [0.15, 0.2) is 53.9 Å². The SMILES string of the molecule is O=C1OCCN1c1cccc(NS(=O)(=O)/C=C/c2ccc(Cl)cc2)c1. The molecule has 0 atom stereocenters. The minimum Gasteiger partial charge on any atom is -0.447 e. The van der Waals surface area contributed by atoms with Crippen LogP contribution in [0.3, 0.4) is 0 Å². The van der Waals surface area contributed by atoms with Gasteiger partial charge >= 0.3 is 6.09 Å². The Morgan fingerprint density at radius 2 is 1.92 bits per heavy atom. The molecular formula is C17H15ClN2O4S. The molecule has 1 aliphatic rings. The van der Waals surface area contributed by atoms with E-state index < -0.39 is 16.1 Å². The second kappa shape index (κ2) is 7.16. The van der Waals surface area contributed by atoms with Crippen molar-refractivity contribution in [3.05, 3.63) is 64.5 Å². The van der Waals surface area contributed by atoms with Gasteiger partial charge in [-0.2, -0.15) is 0 Å². The molecule has 1 amide bonds. The van der Waals surface area contributed by atoms with E-state index in [1.54, 1.807) is 48.5 Å². The van der Waals surface area contributed by atoms with Gasteiger partial charge < -0.3 is 4.74 Å². The van der Waals surface area contributed by atoms with Crippen molar-refractivity contribution in [2.75, 3.05) is 22.8 Å². The standard InChI is InChI=1S/C17H15ClN2O4S/c18-14-6-4-13(5-7-14)8-11-25(22,23)19-15-2-1-3-16(12-15)20-9-10-24-17(20)21/h1-8,11-12,19H,9-10H2/b11-8+. The zero-order valence-corrected chi connectivity index (χ0v) is 14.6. The van der Waals surface area contributed by atoms with Crippen molar-refractivity contribution in [1.82, 2.24) is 0 Å². The van der Waals surface area contributed by atoms with Crippen molar-refractivity contribution < 1.29 is 17.9 Å². The van der Waals surface area contributed by atoms with E-state index in [2.05, 4.69) is 4.72 Å². The number of nitrogens with zero attached hydrogens (tertiary/aromatic N) is 1. The van der Waals surface area contributed by atoms with E-state index in [4.69, 9.17) is 16.3 Å². The summed E-state index contributed by atoms with van der Waals surface area (Å²) in [6.07, 6.45) is 1.03. The van der Waals surface area contributed by atoms with Crippen LogP contribution in [0.2, 0.25) is 5.02 Å². The number of carbonyl (C=O) groups is 1. The van der Waals surface area contributed by atoms with Gasteiger partial charge in [-0.3, -0.25) is 9.62 Å². The first kappa shape index (κ1) is 17.3. The first-order chi connectivity index (χ1) is 11.9. The maximum Gasteiger partial charge on any atom is 0.414 e. The zero-order chi connectivity index (χ0) is 17.9. The molecule has 2 aromatic carbocycles. The number of hydrogen-bond acceptors (Lipinski definition) is 4. The highest BCUT2D eigenvalue weighted by molar-refractivity contribution is 7.95. The number of hydrogen-bond donors (Lipinski definition) is 1. The zero-order valence-electron chi connectivity index (χ0n) is 13.1. The molecule has 6 nitrogen and oxygen atoms in total. The van der Waals surface area contributed by atoms with Crippen LogP contribution in [0.1, 0.15) is 5.56 Å². The van der Waals surface area contributed by atoms with Crippen molar-refractivity contribution in [3.8, 4) is 0 Å². The third-order valence-corrected chi connectivity index (χ3v) is 4.75. The Hall–Kier alpha value is -2.51. The van der Waals surface area contributed by atoms with Crippen molar-refractivity contribution in [3.63, 3.8) is 0 Å². The Bertz CT molecular complexity index is 911. The molecule has 130 valence electrons. The summed E-state index contributed by atoms with van der Waals surface area (Å²) in [6.45, 7) is 0.754. The normalized spacial score (nSPS) is 14.8. The molecule has 1 saturated heterocycles. The number of benzene rings is 2. The predicted octanol–water partition coefficient (Wildman–Crippen LogP) is 3.71. The smallest absolute Gasteiger partial charge is 0.414 e. The summed E-state index contributed by atoms with van der Waals surface area (Å²) in [5, 5.41) is 1.66. The number of anilines is 2. The Morgan fingerprint density at radius 3 is 2.60 bits per heavy atom. The average molecular weight is 379 g/mol. The largest absolute Gasteiger partial charge is 0.447 e. The average Bonchev–Trinajstić information content (AvgIpc) is 3.00. The van der Waals surface area contributed by atoms with E-state index in [1.165, 1.54) is 11.0 Å². The van der Waals surface area contributed by atoms with Crippen molar-refractivity contribution >= 4 is 45.2 Å². The molecule has 1 heterocycles. The molecule has 3 rings (SSSR count). The third-order valence-electron chi connectivity index (χ3n) is 3.49. The molecule has 0 aromatic heterocycles. The quantitative estimate of drug-likeness (QED) is 0.860. The molecule has 0 spiro atoms. The molecule has 0 bridgehead atoms. The Balaban J connectivity index is 1.74. The molecular weight excluding hydrogens is 364 g/mol. The summed E-state index contributed by atoms with van der Waals surface area (Å²) in [6, 6.07) is 13.4. The Kier molecular flexibility index (Phi) is 4.96. The minimum absolute atomic E-state index is 0.318. The number of cyclic esters (lactones) is 1. The lowest BCUT2D eigenvalue weighted by Crippen LogP contribution is -2.23. The van der Waals surface area contributed by atoms with Crippen LogP contribution < -0.4 is 9.62 Å². The highest BCUT2D eigenvalue weighted by Crippen LogP contribution is 2.23. The molecule has 0 aliphatic carbocycles. The van der Waals surface area contributed by atoms with Crippen molar-refractivity contribution in [2.45, 2.75) is 0 Å². The van der Waals surface area contributed by atoms with Gasteiger partial charge in [0.15, 0.2) is 0 Å². The van der Waals surface area contributed by atoms with Gasteiger partial charge in [-0.25, -0.2) is 13.2 Å². The van der Waals surface area contributed by atoms with E-state index in [1.807, 2.05) is 0 Å². The van der Waals surface area contributed by atoms with Gasteiger partial charge in [0, 0.05) is 10.7 Å². The highest BCUT2D eigenvalue weighted by Gasteiger charge is 2.23. The molecule has 0 radical (unpaired) electrons. The summed E-state index contributed by atoms with van der Waals surface area (Å²) in [5.41, 5.74) is 1.64. The van der Waals surface area contributed by atoms with E-state index >= 15 is 0 Å². The topological polar surface area (TPSA) is 75.7 Å². The summed E-state index contributed by atoms with van der Waals surface area (Å²) < 4.78 is 31.8. The maximum atomic E-state index is 12.2. The lowest BCUT2D eigenvalue weighted by molar-refractivity contribution is 0.181. The van der Waals surface area contributed by atoms with Crippen LogP contribution in [0.25, 0.3) is 6.08 Å². The maximum absolute atomic E-state index is 12.2. The Morgan fingerprint density at radius 1 is 1.16 bits per heavy atom. The number of rotatable bonds is 5. The van der Waals surface area contributed by atoms with Crippen LogP contribution in [0.4, 0.5) is 16.2 Å². The van der Waals surface area contributed by atoms with Crippen molar-refractivity contribution in [2.24, 2.45) is 0 Å². The van der Waals surface area contributed by atoms with Gasteiger partial charge in [-0.05, 0) is 42.0 Å². The minimum atomic E-state index is -3.69. The summed E-state index contributed by atoms with van der Waals surface area (Å²) in [5.74, 6) is 0. The van der Waals surface area contributed by atoms with Gasteiger partial charge in [0.2, 0.25) is 0 Å². The first-order valence-electron chi connectivity index (χ1n) is 7.44. The molecule has 1 fully saturated rings. The lowest BCUT2D eigenvalue weighted by atomic mass is 10.2. The lowest BCUT2D eigenvalue weighted by Gasteiger charge is -2.14. The molecule has 25 heavy (non-hydrogen) atoms. The fourth-order valence-corrected chi connectivity index (χ4v) is 3.29. The number of amides is 1. The third kappa shape index (κ3) is 4.52. The summed E-state index contributed by atoms with van der Waals surface area (Å²) in [4.78, 5) is 13.0. The van der Waals surface area contributed by atoms with Gasteiger partial charge in [0.25, 0.3) is 10.0 Å². The van der Waals surface area contributed by atoms with E-state index in [9.17, 15) is 13.2 Å². The second-order valence-corrected chi connectivity index (χ2v) is 7.32. The van der Waals surface area contributed by atoms with Gasteiger partial charge in [0.05, 0.1) is 17.6 Å². The van der Waals surface area contributed by atoms with Crippen LogP contribution in [-0.4, -0.2) is 27.7 Å². The highest BCUT2D eigenvalue weighted by atomic mass is 35.5. The number of nitrogens with one attached hydrogen (secondary N) is 1. The van der Waals surface area contributed by atoms with Gasteiger partial charge in [0.1, 0.15) is 6.61 Å². The molecule has 1 aliphatic heterocycles. The monoisotopic (exact) mass is 378 g/mol. The van der Waals surface area contributed by atoms with Crippen molar-refractivity contribution in [1.29, 1.82) is 0 Å². The van der Waals surface area contributed by atoms with Crippen LogP contribution in [-0.2, 0) is 14.8 Å². The Labute approximate surface area is 150 Å². The molecule has 0 saturated carbocycles. The predicted molar refractivity (Wildman–Crippen MR) is 98.2 cm³/mol. The van der Waals surface area contributed by atoms with E-state index in [-0.39, 0.29) is 0 Å². The number of carbonyl (C=O) groups excluding carboxylic acids is 1. The van der Waals surface area contributed by atoms with Crippen LogP contribution >= 0.6 is 11.6 Å². The molecule has 2 aromatic rings. The molecule has 8 heteroatoms. The first-order valence-corrected chi connectivity index (χ1v) is 9.36. The molecule has 1 N–H and O–H groups in total.